The molecule has 2 N–H and O–H groups in total. The zero-order valence-electron chi connectivity index (χ0n) is 21.3. The van der Waals surface area contributed by atoms with Crippen molar-refractivity contribution < 1.29 is 14.4 Å². The van der Waals surface area contributed by atoms with Crippen LogP contribution in [0.1, 0.15) is 22.7 Å². The van der Waals surface area contributed by atoms with Crippen molar-refractivity contribution in [2.75, 3.05) is 13.1 Å². The van der Waals surface area contributed by atoms with E-state index in [2.05, 4.69) is 17.2 Å². The molecule has 3 aromatic rings. The molecule has 0 aliphatic carbocycles. The Kier molecular flexibility index (Phi) is 7.79. The van der Waals surface area contributed by atoms with Crippen molar-refractivity contribution in [3.8, 4) is 0 Å². The van der Waals surface area contributed by atoms with Crippen molar-refractivity contribution in [3.63, 3.8) is 0 Å². The lowest BCUT2D eigenvalue weighted by atomic mass is 9.95. The fourth-order valence-corrected chi connectivity index (χ4v) is 5.20. The molecule has 0 spiro atoms. The first-order chi connectivity index (χ1) is 19.0. The molecule has 5 rings (SSSR count). The molecule has 2 atom stereocenters. The summed E-state index contributed by atoms with van der Waals surface area (Å²) < 4.78 is 0. The Labute approximate surface area is 232 Å². The standard InChI is InChI=1S/C31H29ClN4O3/c1-2-17-35-26-20-36(30(38)27(26)28(34-31(35)39)23-13-15-24(32)16-14-23)25(18-21-9-5-3-6-10-21)29(37)33-19-22-11-7-4-8-12-22/h2-16,25,28H,1,17-20H2,(H,33,37)(H,34,39). The molecule has 198 valence electrons. The predicted molar refractivity (Wildman–Crippen MR) is 151 cm³/mol. The van der Waals surface area contributed by atoms with E-state index in [4.69, 9.17) is 11.6 Å². The van der Waals surface area contributed by atoms with Gasteiger partial charge in [-0.3, -0.25) is 14.5 Å². The van der Waals surface area contributed by atoms with Crippen LogP contribution in [0.2, 0.25) is 5.02 Å². The van der Waals surface area contributed by atoms with Crippen LogP contribution < -0.4 is 10.6 Å². The van der Waals surface area contributed by atoms with Gasteiger partial charge in [0.15, 0.2) is 0 Å². The maximum absolute atomic E-state index is 14.1. The van der Waals surface area contributed by atoms with Gasteiger partial charge >= 0.3 is 6.03 Å². The lowest BCUT2D eigenvalue weighted by Gasteiger charge is -2.33. The highest BCUT2D eigenvalue weighted by Gasteiger charge is 2.46. The lowest BCUT2D eigenvalue weighted by Crippen LogP contribution is -2.49. The van der Waals surface area contributed by atoms with Crippen LogP contribution in [-0.2, 0) is 22.6 Å². The number of nitrogens with one attached hydrogen (secondary N) is 2. The van der Waals surface area contributed by atoms with Crippen LogP contribution in [-0.4, -0.2) is 46.8 Å². The molecular weight excluding hydrogens is 512 g/mol. The topological polar surface area (TPSA) is 81.8 Å². The second-order valence-corrected chi connectivity index (χ2v) is 9.97. The summed E-state index contributed by atoms with van der Waals surface area (Å²) in [5, 5.41) is 6.53. The number of benzene rings is 3. The van der Waals surface area contributed by atoms with Crippen LogP contribution in [0.3, 0.4) is 0 Å². The van der Waals surface area contributed by atoms with Crippen LogP contribution in [0.5, 0.6) is 0 Å². The van der Waals surface area contributed by atoms with Gasteiger partial charge in [-0.15, -0.1) is 6.58 Å². The highest BCUT2D eigenvalue weighted by molar-refractivity contribution is 6.30. The van der Waals surface area contributed by atoms with E-state index in [-0.39, 0.29) is 30.9 Å². The van der Waals surface area contributed by atoms with Crippen LogP contribution in [0.25, 0.3) is 0 Å². The number of carbonyl (C=O) groups is 3. The average Bonchev–Trinajstić information content (AvgIpc) is 3.30. The number of urea groups is 1. The number of halogens is 1. The van der Waals surface area contributed by atoms with Gasteiger partial charge in [0.1, 0.15) is 6.04 Å². The Balaban J connectivity index is 1.48. The highest BCUT2D eigenvalue weighted by Crippen LogP contribution is 2.37. The van der Waals surface area contributed by atoms with E-state index in [0.717, 1.165) is 16.7 Å². The van der Waals surface area contributed by atoms with Crippen molar-refractivity contribution in [3.05, 3.63) is 131 Å². The van der Waals surface area contributed by atoms with E-state index in [1.54, 1.807) is 35.2 Å². The molecule has 7 nitrogen and oxygen atoms in total. The monoisotopic (exact) mass is 540 g/mol. The fourth-order valence-electron chi connectivity index (χ4n) is 5.08. The van der Waals surface area contributed by atoms with Crippen LogP contribution in [0, 0.1) is 0 Å². The van der Waals surface area contributed by atoms with Gasteiger partial charge in [-0.2, -0.15) is 0 Å². The fraction of sp³-hybridized carbons (Fsp3) is 0.194. The molecule has 0 aromatic heterocycles. The highest BCUT2D eigenvalue weighted by atomic mass is 35.5. The molecule has 0 radical (unpaired) electrons. The molecule has 2 aliphatic rings. The number of amides is 4. The van der Waals surface area contributed by atoms with Gasteiger partial charge in [0.05, 0.1) is 23.9 Å². The number of rotatable bonds is 9. The molecule has 8 heteroatoms. The Hall–Kier alpha value is -4.36. The largest absolute Gasteiger partial charge is 0.350 e. The minimum atomic E-state index is -0.777. The van der Waals surface area contributed by atoms with Crippen molar-refractivity contribution in [2.24, 2.45) is 0 Å². The third kappa shape index (κ3) is 5.59. The van der Waals surface area contributed by atoms with E-state index in [0.29, 0.717) is 29.3 Å². The van der Waals surface area contributed by atoms with Crippen LogP contribution in [0.4, 0.5) is 4.79 Å². The first-order valence-corrected chi connectivity index (χ1v) is 13.2. The predicted octanol–water partition coefficient (Wildman–Crippen LogP) is 4.62. The first-order valence-electron chi connectivity index (χ1n) is 12.8. The molecule has 0 bridgehead atoms. The van der Waals surface area contributed by atoms with Crippen LogP contribution in [0.15, 0.2) is 109 Å². The summed E-state index contributed by atoms with van der Waals surface area (Å²) in [7, 11) is 0. The summed E-state index contributed by atoms with van der Waals surface area (Å²) >= 11 is 6.10. The molecule has 2 aliphatic heterocycles. The molecule has 0 saturated carbocycles. The summed E-state index contributed by atoms with van der Waals surface area (Å²) in [6.07, 6.45) is 1.95. The zero-order valence-corrected chi connectivity index (χ0v) is 22.1. The van der Waals surface area contributed by atoms with Crippen molar-refractivity contribution in [1.29, 1.82) is 0 Å². The van der Waals surface area contributed by atoms with Gasteiger partial charge in [-0.25, -0.2) is 4.79 Å². The third-order valence-electron chi connectivity index (χ3n) is 7.03. The van der Waals surface area contributed by atoms with Gasteiger partial charge in [0.25, 0.3) is 5.91 Å². The SMILES string of the molecule is C=CCN1C(=O)NC(c2ccc(Cl)cc2)C2=C1CN(C(Cc1ccccc1)C(=O)NCc1ccccc1)C2=O. The summed E-state index contributed by atoms with van der Waals surface area (Å²) in [6, 6.07) is 24.5. The van der Waals surface area contributed by atoms with Gasteiger partial charge < -0.3 is 15.5 Å². The minimum Gasteiger partial charge on any atom is -0.350 e. The summed E-state index contributed by atoms with van der Waals surface area (Å²) in [5.74, 6) is -0.539. The molecule has 2 heterocycles. The van der Waals surface area contributed by atoms with Crippen LogP contribution >= 0.6 is 11.6 Å². The number of hydrogen-bond acceptors (Lipinski definition) is 3. The molecule has 4 amide bonds. The van der Waals surface area contributed by atoms with E-state index in [1.807, 2.05) is 60.7 Å². The van der Waals surface area contributed by atoms with Gasteiger partial charge in [0.2, 0.25) is 5.91 Å². The number of carbonyl (C=O) groups excluding carboxylic acids is 3. The van der Waals surface area contributed by atoms with E-state index >= 15 is 0 Å². The van der Waals surface area contributed by atoms with Gasteiger partial charge in [0, 0.05) is 24.5 Å². The second kappa shape index (κ2) is 11.6. The molecular formula is C31H29ClN4O3. The maximum Gasteiger partial charge on any atom is 0.322 e. The Bertz CT molecular complexity index is 1410. The molecule has 0 saturated heterocycles. The maximum atomic E-state index is 14.1. The summed E-state index contributed by atoms with van der Waals surface area (Å²) in [4.78, 5) is 44.0. The van der Waals surface area contributed by atoms with E-state index in [1.165, 1.54) is 4.90 Å². The molecule has 0 fully saturated rings. The third-order valence-corrected chi connectivity index (χ3v) is 7.28. The Morgan fingerprint density at radius 2 is 1.64 bits per heavy atom. The van der Waals surface area contributed by atoms with E-state index < -0.39 is 12.1 Å². The summed E-state index contributed by atoms with van der Waals surface area (Å²) in [5.41, 5.74) is 3.66. The van der Waals surface area contributed by atoms with E-state index in [9.17, 15) is 14.4 Å². The first kappa shape index (κ1) is 26.3. The van der Waals surface area contributed by atoms with Gasteiger partial charge in [-0.1, -0.05) is 90.5 Å². The van der Waals surface area contributed by atoms with Crippen molar-refractivity contribution in [1.82, 2.24) is 20.4 Å². The summed E-state index contributed by atoms with van der Waals surface area (Å²) in [6.45, 7) is 4.50. The minimum absolute atomic E-state index is 0.135. The normalized spacial score (nSPS) is 17.5. The Morgan fingerprint density at radius 3 is 2.28 bits per heavy atom. The molecule has 3 aromatic carbocycles. The molecule has 2 unspecified atom stereocenters. The second-order valence-electron chi connectivity index (χ2n) is 9.54. The smallest absolute Gasteiger partial charge is 0.322 e. The molecule has 39 heavy (non-hydrogen) atoms. The van der Waals surface area contributed by atoms with Crippen molar-refractivity contribution >= 4 is 29.4 Å². The quantitative estimate of drug-likeness (QED) is 0.389. The van der Waals surface area contributed by atoms with Crippen molar-refractivity contribution in [2.45, 2.75) is 25.0 Å². The zero-order chi connectivity index (χ0) is 27.4. The van der Waals surface area contributed by atoms with Gasteiger partial charge in [-0.05, 0) is 28.8 Å². The number of nitrogens with zero attached hydrogens (tertiary/aromatic N) is 2. The lowest BCUT2D eigenvalue weighted by molar-refractivity contribution is -0.136. The average molecular weight is 541 g/mol. The Morgan fingerprint density at radius 1 is 1.00 bits per heavy atom. The number of hydrogen-bond donors (Lipinski definition) is 2.